The lowest BCUT2D eigenvalue weighted by Crippen LogP contribution is -2.44. The Labute approximate surface area is 109 Å². The van der Waals surface area contributed by atoms with Crippen molar-refractivity contribution in [1.82, 2.24) is 3.71 Å². The predicted octanol–water partition coefficient (Wildman–Crippen LogP) is 2.65. The fraction of sp³-hybridized carbons (Fsp3) is 0.857. The molecule has 0 bridgehead atoms. The van der Waals surface area contributed by atoms with Crippen molar-refractivity contribution in [3.05, 3.63) is 0 Å². The van der Waals surface area contributed by atoms with E-state index in [0.717, 1.165) is 0 Å². The van der Waals surface area contributed by atoms with E-state index in [1.54, 1.807) is 6.07 Å². The van der Waals surface area contributed by atoms with Crippen LogP contribution in [0.3, 0.4) is 0 Å². The van der Waals surface area contributed by atoms with E-state index in [1.165, 1.54) is 20.8 Å². The molecular weight excluding hydrogens is 298 g/mol. The second kappa shape index (κ2) is 5.27. The number of hydrogen-bond acceptors (Lipinski definition) is 4. The summed E-state index contributed by atoms with van der Waals surface area (Å²) in [6, 6.07) is 1.75. The molecule has 0 aliphatic rings. The second-order valence-electron chi connectivity index (χ2n) is 3.34. The van der Waals surface area contributed by atoms with E-state index in [0.29, 0.717) is 3.71 Å². The van der Waals surface area contributed by atoms with Crippen LogP contribution in [0.25, 0.3) is 0 Å². The van der Waals surface area contributed by atoms with Gasteiger partial charge in [0.2, 0.25) is 10.0 Å². The number of hydrogen-bond donors (Lipinski definition) is 0. The van der Waals surface area contributed by atoms with Crippen LogP contribution in [0.15, 0.2) is 0 Å². The minimum absolute atomic E-state index is 0.0520. The Kier molecular flexibility index (Phi) is 5.36. The van der Waals surface area contributed by atoms with Crippen LogP contribution < -0.4 is 0 Å². The van der Waals surface area contributed by atoms with E-state index in [9.17, 15) is 12.8 Å². The zero-order valence-corrected chi connectivity index (χ0v) is 12.0. The molecule has 4 nitrogen and oxygen atoms in total. The SMILES string of the molecule is CCS(=O)(=O)N(SC(F)(Cl)Cl)C(C)(C)C#N. The Bertz CT molecular complexity index is 386. The van der Waals surface area contributed by atoms with Gasteiger partial charge in [-0.2, -0.15) is 9.65 Å². The predicted molar refractivity (Wildman–Crippen MR) is 64.1 cm³/mol. The van der Waals surface area contributed by atoms with Crippen molar-refractivity contribution in [3.8, 4) is 6.07 Å². The molecule has 0 rings (SSSR count). The molecule has 0 saturated heterocycles. The minimum Gasteiger partial charge on any atom is -0.211 e. The van der Waals surface area contributed by atoms with Crippen molar-refractivity contribution in [2.45, 2.75) is 30.2 Å². The Morgan fingerprint density at radius 2 is 1.94 bits per heavy atom. The van der Waals surface area contributed by atoms with Crippen molar-refractivity contribution in [3.63, 3.8) is 0 Å². The molecule has 0 amide bonds. The average molecular weight is 309 g/mol. The molecular formula is C7H11Cl2FN2O2S2. The van der Waals surface area contributed by atoms with Crippen LogP contribution >= 0.6 is 35.1 Å². The van der Waals surface area contributed by atoms with Gasteiger partial charge in [-0.1, -0.05) is 23.2 Å². The fourth-order valence-corrected chi connectivity index (χ4v) is 3.94. The highest BCUT2D eigenvalue weighted by Crippen LogP contribution is 2.43. The molecule has 0 saturated carbocycles. The maximum Gasteiger partial charge on any atom is 0.319 e. The van der Waals surface area contributed by atoms with Crippen molar-refractivity contribution in [2.24, 2.45) is 0 Å². The lowest BCUT2D eigenvalue weighted by atomic mass is 10.1. The molecule has 9 heteroatoms. The third kappa shape index (κ3) is 4.63. The van der Waals surface area contributed by atoms with Crippen LogP contribution in [-0.4, -0.2) is 27.3 Å². The lowest BCUT2D eigenvalue weighted by Gasteiger charge is -2.31. The highest BCUT2D eigenvalue weighted by atomic mass is 35.5. The molecule has 16 heavy (non-hydrogen) atoms. The summed E-state index contributed by atoms with van der Waals surface area (Å²) >= 11 is 10.3. The van der Waals surface area contributed by atoms with Gasteiger partial charge in [-0.25, -0.2) is 8.42 Å². The van der Waals surface area contributed by atoms with Gasteiger partial charge in [0, 0.05) is 11.9 Å². The summed E-state index contributed by atoms with van der Waals surface area (Å²) in [6.07, 6.45) is 0. The quantitative estimate of drug-likeness (QED) is 0.578. The number of halogens is 3. The monoisotopic (exact) mass is 308 g/mol. The molecule has 0 N–H and O–H groups in total. The van der Waals surface area contributed by atoms with Crippen LogP contribution in [0.4, 0.5) is 4.39 Å². The molecule has 0 aliphatic carbocycles. The van der Waals surface area contributed by atoms with Crippen molar-refractivity contribution >= 4 is 45.2 Å². The molecule has 0 aromatic heterocycles. The Morgan fingerprint density at radius 1 is 1.50 bits per heavy atom. The van der Waals surface area contributed by atoms with Gasteiger partial charge in [-0.05, 0) is 20.8 Å². The lowest BCUT2D eigenvalue weighted by molar-refractivity contribution is 0.417. The van der Waals surface area contributed by atoms with E-state index in [1.807, 2.05) is 0 Å². The number of nitriles is 1. The molecule has 94 valence electrons. The van der Waals surface area contributed by atoms with Gasteiger partial charge in [0.05, 0.1) is 11.8 Å². The average Bonchev–Trinajstić information content (AvgIpc) is 2.12. The second-order valence-corrected chi connectivity index (χ2v) is 8.47. The first kappa shape index (κ1) is 16.3. The summed E-state index contributed by atoms with van der Waals surface area (Å²) in [5.41, 5.74) is -1.44. The van der Waals surface area contributed by atoms with Gasteiger partial charge in [0.15, 0.2) is 0 Å². The standard InChI is InChI=1S/C7H11Cl2FN2O2S2/c1-4-16(13,14)12(6(2,3)5-11)15-7(8,9)10/h4H2,1-3H3. The number of alkyl halides is 3. The molecule has 0 unspecified atom stereocenters. The molecule has 0 aromatic rings. The van der Waals surface area contributed by atoms with Crippen molar-refractivity contribution in [1.29, 1.82) is 5.26 Å². The molecule has 0 aliphatic heterocycles. The first-order chi connectivity index (χ1) is 6.96. The van der Waals surface area contributed by atoms with Crippen LogP contribution in [0.2, 0.25) is 0 Å². The largest absolute Gasteiger partial charge is 0.319 e. The molecule has 0 heterocycles. The summed E-state index contributed by atoms with van der Waals surface area (Å²) in [6.45, 7) is 4.03. The topological polar surface area (TPSA) is 61.2 Å². The van der Waals surface area contributed by atoms with Crippen LogP contribution in [0, 0.1) is 11.3 Å². The maximum atomic E-state index is 13.1. The molecule has 0 aromatic carbocycles. The Balaban J connectivity index is 5.36. The molecule has 0 spiro atoms. The number of nitrogens with zero attached hydrogens (tertiary/aromatic N) is 2. The van der Waals surface area contributed by atoms with Gasteiger partial charge in [0.1, 0.15) is 5.54 Å². The highest BCUT2D eigenvalue weighted by Gasteiger charge is 2.42. The van der Waals surface area contributed by atoms with Gasteiger partial charge in [0.25, 0.3) is 0 Å². The maximum absolute atomic E-state index is 13.1. The Morgan fingerprint density at radius 3 is 2.19 bits per heavy atom. The summed E-state index contributed by atoms with van der Waals surface area (Å²) in [7, 11) is -3.80. The molecule has 0 atom stereocenters. The van der Waals surface area contributed by atoms with Crippen LogP contribution in [0.1, 0.15) is 20.8 Å². The van der Waals surface area contributed by atoms with Crippen LogP contribution in [0.5, 0.6) is 0 Å². The smallest absolute Gasteiger partial charge is 0.211 e. The van der Waals surface area contributed by atoms with Gasteiger partial charge < -0.3 is 0 Å². The summed E-state index contributed by atoms with van der Waals surface area (Å²) in [4.78, 5) is 0. The first-order valence-corrected chi connectivity index (χ1v) is 7.30. The van der Waals surface area contributed by atoms with E-state index >= 15 is 0 Å². The minimum atomic E-state index is -3.80. The number of rotatable bonds is 5. The first-order valence-electron chi connectivity index (χ1n) is 4.16. The van der Waals surface area contributed by atoms with Crippen molar-refractivity contribution in [2.75, 3.05) is 5.75 Å². The van der Waals surface area contributed by atoms with Gasteiger partial charge in [-0.3, -0.25) is 0 Å². The van der Waals surface area contributed by atoms with E-state index in [2.05, 4.69) is 0 Å². The van der Waals surface area contributed by atoms with Gasteiger partial charge in [-0.15, -0.1) is 3.71 Å². The van der Waals surface area contributed by atoms with Crippen LogP contribution in [-0.2, 0) is 10.0 Å². The zero-order chi connectivity index (χ0) is 13.2. The third-order valence-corrected chi connectivity index (χ3v) is 5.37. The molecule has 0 fully saturated rings. The highest BCUT2D eigenvalue weighted by molar-refractivity contribution is 8.10. The summed E-state index contributed by atoms with van der Waals surface area (Å²) < 4.78 is 34.1. The van der Waals surface area contributed by atoms with E-state index < -0.39 is 19.5 Å². The normalized spacial score (nSPS) is 13.9. The zero-order valence-electron chi connectivity index (χ0n) is 8.87. The fourth-order valence-electron chi connectivity index (χ4n) is 0.771. The third-order valence-electron chi connectivity index (χ3n) is 1.53. The van der Waals surface area contributed by atoms with Crippen molar-refractivity contribution < 1.29 is 12.8 Å². The molecule has 0 radical (unpaired) electrons. The Hall–Kier alpha value is 0.260. The summed E-state index contributed by atoms with van der Waals surface area (Å²) in [5, 5.41) is 8.84. The van der Waals surface area contributed by atoms with E-state index in [-0.39, 0.29) is 17.7 Å². The van der Waals surface area contributed by atoms with E-state index in [4.69, 9.17) is 28.5 Å². The number of sulfonamides is 1. The summed E-state index contributed by atoms with van der Waals surface area (Å²) in [5.74, 6) is -0.283. The van der Waals surface area contributed by atoms with Gasteiger partial charge >= 0.3 is 3.92 Å².